The number of sulfone groups is 1. The number of thiophene rings is 1. The number of aliphatic hydroxyl groups excluding tert-OH is 1. The number of piperazine rings is 1. The summed E-state index contributed by atoms with van der Waals surface area (Å²) in [5, 5.41) is 10.4. The molecule has 0 spiro atoms. The Bertz CT molecular complexity index is 1500. The van der Waals surface area contributed by atoms with Crippen LogP contribution in [-0.2, 0) is 14.6 Å². The molecule has 0 radical (unpaired) electrons. The number of aromatic nitrogens is 3. The van der Waals surface area contributed by atoms with E-state index in [4.69, 9.17) is 4.74 Å². The Morgan fingerprint density at radius 1 is 1.18 bits per heavy atom. The first-order valence-corrected chi connectivity index (χ1v) is 15.5. The predicted octanol–water partition coefficient (Wildman–Crippen LogP) is 2.26. The van der Waals surface area contributed by atoms with Gasteiger partial charge in [0.25, 0.3) is 0 Å². The van der Waals surface area contributed by atoms with Crippen LogP contribution in [0.5, 0.6) is 0 Å². The van der Waals surface area contributed by atoms with Gasteiger partial charge < -0.3 is 14.8 Å². The molecular formula is C26H32N6O4S2. The molecule has 0 saturated carbocycles. The van der Waals surface area contributed by atoms with E-state index in [-0.39, 0.29) is 18.9 Å². The van der Waals surface area contributed by atoms with Gasteiger partial charge in [0.15, 0.2) is 9.84 Å². The van der Waals surface area contributed by atoms with Gasteiger partial charge in [-0.2, -0.15) is 0 Å². The Balaban J connectivity index is 1.35. The molecule has 0 amide bonds. The standard InChI is InChI=1S/C26H32N6O4S2/c1-38(34,35)18-12-20(19-2-3-28-21(19)13-18)23-16-32(9-11-36-23)26(31-6-4-30(5-7-31)8-10-33)24-14-22-25(37-24)15-27-17-29-22/h2-3,12-15,17,23,26,28,33H,4-11,16H2,1H3. The van der Waals surface area contributed by atoms with Crippen molar-refractivity contribution in [3.8, 4) is 0 Å². The quantitative estimate of drug-likeness (QED) is 0.354. The minimum Gasteiger partial charge on any atom is -0.395 e. The summed E-state index contributed by atoms with van der Waals surface area (Å²) in [7, 11) is -3.38. The number of morpholine rings is 1. The number of nitrogens with zero attached hydrogens (tertiary/aromatic N) is 5. The number of ether oxygens (including phenoxy) is 1. The van der Waals surface area contributed by atoms with Gasteiger partial charge in [-0.3, -0.25) is 14.7 Å². The van der Waals surface area contributed by atoms with Crippen LogP contribution < -0.4 is 0 Å². The molecule has 2 N–H and O–H groups in total. The summed E-state index contributed by atoms with van der Waals surface area (Å²) in [6.07, 6.45) is 6.31. The molecule has 6 rings (SSSR count). The van der Waals surface area contributed by atoms with E-state index in [0.717, 1.165) is 59.4 Å². The Kier molecular flexibility index (Phi) is 7.20. The third kappa shape index (κ3) is 5.09. The summed E-state index contributed by atoms with van der Waals surface area (Å²) in [6.45, 7) is 6.38. The summed E-state index contributed by atoms with van der Waals surface area (Å²) in [4.78, 5) is 20.6. The van der Waals surface area contributed by atoms with Crippen molar-refractivity contribution < 1.29 is 18.3 Å². The molecule has 2 aliphatic heterocycles. The molecule has 12 heteroatoms. The molecule has 2 unspecified atom stereocenters. The largest absolute Gasteiger partial charge is 0.395 e. The van der Waals surface area contributed by atoms with Crippen LogP contribution in [0.3, 0.4) is 0 Å². The van der Waals surface area contributed by atoms with Crippen molar-refractivity contribution in [2.75, 3.05) is 65.3 Å². The first kappa shape index (κ1) is 25.8. The third-order valence-electron chi connectivity index (χ3n) is 7.53. The number of nitrogens with one attached hydrogen (secondary N) is 1. The van der Waals surface area contributed by atoms with Gasteiger partial charge in [-0.1, -0.05) is 0 Å². The average Bonchev–Trinajstić information content (AvgIpc) is 3.56. The molecule has 4 aromatic rings. The lowest BCUT2D eigenvalue weighted by atomic mass is 10.0. The van der Waals surface area contributed by atoms with E-state index in [1.807, 2.05) is 18.5 Å². The Morgan fingerprint density at radius 2 is 2.03 bits per heavy atom. The molecule has 38 heavy (non-hydrogen) atoms. The summed E-state index contributed by atoms with van der Waals surface area (Å²) in [5.74, 6) is 0. The lowest BCUT2D eigenvalue weighted by Gasteiger charge is -2.46. The van der Waals surface area contributed by atoms with E-state index in [1.165, 1.54) is 11.1 Å². The van der Waals surface area contributed by atoms with Gasteiger partial charge in [-0.15, -0.1) is 11.3 Å². The number of β-amino-alcohol motifs (C(OH)–C–C–N with tert-alkyl or cyclic N) is 1. The van der Waals surface area contributed by atoms with Crippen molar-refractivity contribution in [1.29, 1.82) is 0 Å². The lowest BCUT2D eigenvalue weighted by molar-refractivity contribution is -0.0841. The molecule has 1 aromatic carbocycles. The second-order valence-corrected chi connectivity index (χ2v) is 13.1. The van der Waals surface area contributed by atoms with Crippen LogP contribution in [0.4, 0.5) is 0 Å². The number of aromatic amines is 1. The van der Waals surface area contributed by atoms with Crippen LogP contribution >= 0.6 is 11.3 Å². The van der Waals surface area contributed by atoms with Crippen molar-refractivity contribution >= 4 is 42.3 Å². The normalized spacial score (nSPS) is 21.4. The maximum absolute atomic E-state index is 12.5. The summed E-state index contributed by atoms with van der Waals surface area (Å²) in [6, 6.07) is 7.63. The van der Waals surface area contributed by atoms with Crippen LogP contribution in [0, 0.1) is 0 Å². The minimum atomic E-state index is -3.38. The highest BCUT2D eigenvalue weighted by Crippen LogP contribution is 2.38. The summed E-state index contributed by atoms with van der Waals surface area (Å²) in [5.41, 5.74) is 2.63. The number of aliphatic hydroxyl groups is 1. The number of rotatable bonds is 7. The number of hydrogen-bond donors (Lipinski definition) is 2. The molecule has 5 heterocycles. The van der Waals surface area contributed by atoms with Crippen LogP contribution in [0.2, 0.25) is 0 Å². The van der Waals surface area contributed by atoms with Gasteiger partial charge in [-0.25, -0.2) is 18.4 Å². The topological polar surface area (TPSA) is 115 Å². The Morgan fingerprint density at radius 3 is 2.79 bits per heavy atom. The lowest BCUT2D eigenvalue weighted by Crippen LogP contribution is -2.54. The van der Waals surface area contributed by atoms with Crippen LogP contribution in [0.25, 0.3) is 21.1 Å². The molecule has 202 valence electrons. The van der Waals surface area contributed by atoms with Gasteiger partial charge in [0.2, 0.25) is 0 Å². The molecule has 2 fully saturated rings. The zero-order valence-electron chi connectivity index (χ0n) is 21.3. The summed E-state index contributed by atoms with van der Waals surface area (Å²) >= 11 is 1.72. The smallest absolute Gasteiger partial charge is 0.175 e. The Labute approximate surface area is 225 Å². The fourth-order valence-electron chi connectivity index (χ4n) is 5.62. The first-order valence-electron chi connectivity index (χ1n) is 12.8. The molecular weight excluding hydrogens is 524 g/mol. The number of hydrogen-bond acceptors (Lipinski definition) is 10. The van der Waals surface area contributed by atoms with Crippen molar-refractivity contribution in [2.45, 2.75) is 17.2 Å². The van der Waals surface area contributed by atoms with Gasteiger partial charge >= 0.3 is 0 Å². The zero-order chi connectivity index (χ0) is 26.3. The van der Waals surface area contributed by atoms with Crippen LogP contribution in [0.15, 0.2) is 47.9 Å². The monoisotopic (exact) mass is 556 g/mol. The molecule has 0 bridgehead atoms. The average molecular weight is 557 g/mol. The number of fused-ring (bicyclic) bond motifs is 2. The first-order chi connectivity index (χ1) is 18.4. The zero-order valence-corrected chi connectivity index (χ0v) is 22.9. The second-order valence-electron chi connectivity index (χ2n) is 9.97. The maximum atomic E-state index is 12.5. The van der Waals surface area contributed by atoms with Crippen LogP contribution in [-0.4, -0.2) is 108 Å². The minimum absolute atomic E-state index is 0.0386. The predicted molar refractivity (Wildman–Crippen MR) is 147 cm³/mol. The highest BCUT2D eigenvalue weighted by atomic mass is 32.2. The van der Waals surface area contributed by atoms with E-state index >= 15 is 0 Å². The maximum Gasteiger partial charge on any atom is 0.175 e. The van der Waals surface area contributed by atoms with Crippen molar-refractivity contribution in [1.82, 2.24) is 29.7 Å². The third-order valence-corrected chi connectivity index (χ3v) is 9.72. The number of benzene rings is 1. The second kappa shape index (κ2) is 10.6. The summed E-state index contributed by atoms with van der Waals surface area (Å²) < 4.78 is 32.3. The van der Waals surface area contributed by atoms with Gasteiger partial charge in [0.1, 0.15) is 6.33 Å². The van der Waals surface area contributed by atoms with Crippen molar-refractivity contribution in [3.05, 3.63) is 53.4 Å². The Hall–Kier alpha value is -2.45. The molecule has 0 aliphatic carbocycles. The van der Waals surface area contributed by atoms with Gasteiger partial charge in [0, 0.05) is 80.2 Å². The SMILES string of the molecule is CS(=O)(=O)c1cc(C2CN(C(c3cc4ncncc4s3)N3CCN(CCO)CC3)CCO2)c2cc[nH]c2c1. The molecule has 2 saturated heterocycles. The van der Waals surface area contributed by atoms with Crippen molar-refractivity contribution in [2.24, 2.45) is 0 Å². The highest BCUT2D eigenvalue weighted by molar-refractivity contribution is 7.90. The van der Waals surface area contributed by atoms with E-state index in [0.29, 0.717) is 24.6 Å². The molecule has 3 aromatic heterocycles. The molecule has 2 aliphatic rings. The van der Waals surface area contributed by atoms with E-state index in [9.17, 15) is 13.5 Å². The van der Waals surface area contributed by atoms with E-state index in [2.05, 4.69) is 35.7 Å². The van der Waals surface area contributed by atoms with Crippen molar-refractivity contribution in [3.63, 3.8) is 0 Å². The molecule has 10 nitrogen and oxygen atoms in total. The fourth-order valence-corrected chi connectivity index (χ4v) is 7.45. The number of H-pyrrole nitrogens is 1. The fraction of sp³-hybridized carbons (Fsp3) is 0.462. The molecule has 2 atom stereocenters. The van der Waals surface area contributed by atoms with Gasteiger partial charge in [0.05, 0.1) is 40.6 Å². The van der Waals surface area contributed by atoms with Crippen LogP contribution in [0.1, 0.15) is 22.7 Å². The highest BCUT2D eigenvalue weighted by Gasteiger charge is 2.35. The van der Waals surface area contributed by atoms with E-state index in [1.54, 1.807) is 29.8 Å². The van der Waals surface area contributed by atoms with E-state index < -0.39 is 9.84 Å². The van der Waals surface area contributed by atoms with Gasteiger partial charge in [-0.05, 0) is 29.8 Å².